The maximum Gasteiger partial charge on any atom is 0.222 e. The molecule has 3 heteroatoms. The third kappa shape index (κ3) is 2.48. The van der Waals surface area contributed by atoms with Crippen LogP contribution in [0.4, 0.5) is 0 Å². The highest BCUT2D eigenvalue weighted by molar-refractivity contribution is 5.75. The molecule has 1 saturated heterocycles. The number of carbonyl (C=O) groups is 1. The van der Waals surface area contributed by atoms with Gasteiger partial charge in [0.1, 0.15) is 0 Å². The molecule has 1 aliphatic heterocycles. The predicted octanol–water partition coefficient (Wildman–Crippen LogP) is 0.607. The van der Waals surface area contributed by atoms with E-state index in [0.717, 1.165) is 19.5 Å². The Labute approximate surface area is 74.1 Å². The molecule has 1 unspecified atom stereocenters. The molecule has 1 aliphatic rings. The molecule has 1 N–H and O–H groups in total. The summed E-state index contributed by atoms with van der Waals surface area (Å²) in [6.07, 6.45) is 2.84. The molecule has 0 radical (unpaired) electrons. The van der Waals surface area contributed by atoms with E-state index in [2.05, 4.69) is 5.32 Å². The van der Waals surface area contributed by atoms with Crippen molar-refractivity contribution in [2.24, 2.45) is 0 Å². The van der Waals surface area contributed by atoms with Gasteiger partial charge in [0.05, 0.1) is 0 Å². The molecular formula is C9H18N2O. The van der Waals surface area contributed by atoms with Crippen molar-refractivity contribution in [1.82, 2.24) is 10.2 Å². The van der Waals surface area contributed by atoms with Gasteiger partial charge in [-0.3, -0.25) is 4.79 Å². The van der Waals surface area contributed by atoms with Crippen LogP contribution in [0.25, 0.3) is 0 Å². The number of nitrogens with one attached hydrogen (secondary N) is 1. The summed E-state index contributed by atoms with van der Waals surface area (Å²) >= 11 is 0. The zero-order valence-electron chi connectivity index (χ0n) is 7.97. The fraction of sp³-hybridized carbons (Fsp3) is 0.889. The second-order valence-corrected chi connectivity index (χ2v) is 3.46. The van der Waals surface area contributed by atoms with Crippen molar-refractivity contribution < 1.29 is 4.79 Å². The van der Waals surface area contributed by atoms with E-state index in [4.69, 9.17) is 0 Å². The predicted molar refractivity (Wildman–Crippen MR) is 49.0 cm³/mol. The minimum Gasteiger partial charge on any atom is -0.344 e. The highest BCUT2D eigenvalue weighted by Crippen LogP contribution is 2.04. The van der Waals surface area contributed by atoms with Gasteiger partial charge >= 0.3 is 0 Å². The Bertz CT molecular complexity index is 155. The summed E-state index contributed by atoms with van der Waals surface area (Å²) in [5.74, 6) is 0.270. The second-order valence-electron chi connectivity index (χ2n) is 3.46. The van der Waals surface area contributed by atoms with Crippen LogP contribution in [0.15, 0.2) is 0 Å². The first kappa shape index (κ1) is 9.52. The van der Waals surface area contributed by atoms with E-state index >= 15 is 0 Å². The number of nitrogens with zero attached hydrogens (tertiary/aromatic N) is 1. The largest absolute Gasteiger partial charge is 0.344 e. The summed E-state index contributed by atoms with van der Waals surface area (Å²) in [5, 5.41) is 3.28. The molecule has 0 saturated carbocycles. The van der Waals surface area contributed by atoms with Gasteiger partial charge < -0.3 is 10.2 Å². The number of hydrogen-bond acceptors (Lipinski definition) is 2. The maximum absolute atomic E-state index is 11.3. The number of carbonyl (C=O) groups excluding carboxylic acids is 1. The molecule has 70 valence electrons. The number of likely N-dealkylation sites (N-methyl/N-ethyl adjacent to an activating group) is 1. The summed E-state index contributed by atoms with van der Waals surface area (Å²) in [6.45, 7) is 4.02. The molecule has 0 aromatic heterocycles. The molecule has 0 spiro atoms. The van der Waals surface area contributed by atoms with Gasteiger partial charge in [0.25, 0.3) is 0 Å². The molecule has 12 heavy (non-hydrogen) atoms. The molecule has 0 aromatic rings. The van der Waals surface area contributed by atoms with Crippen molar-refractivity contribution in [3.8, 4) is 0 Å². The monoisotopic (exact) mass is 170 g/mol. The third-order valence-electron chi connectivity index (χ3n) is 2.31. The van der Waals surface area contributed by atoms with Gasteiger partial charge in [-0.05, 0) is 19.4 Å². The first-order valence-electron chi connectivity index (χ1n) is 4.71. The molecule has 3 nitrogen and oxygen atoms in total. The van der Waals surface area contributed by atoms with Crippen LogP contribution < -0.4 is 5.32 Å². The third-order valence-corrected chi connectivity index (χ3v) is 2.31. The van der Waals surface area contributed by atoms with E-state index in [-0.39, 0.29) is 5.91 Å². The first-order valence-corrected chi connectivity index (χ1v) is 4.71. The van der Waals surface area contributed by atoms with E-state index < -0.39 is 0 Å². The van der Waals surface area contributed by atoms with Crippen molar-refractivity contribution in [3.05, 3.63) is 0 Å². The summed E-state index contributed by atoms with van der Waals surface area (Å²) in [5.41, 5.74) is 0. The Balaban J connectivity index is 2.16. The van der Waals surface area contributed by atoms with Crippen LogP contribution in [0, 0.1) is 0 Å². The van der Waals surface area contributed by atoms with Crippen molar-refractivity contribution in [2.75, 3.05) is 20.1 Å². The van der Waals surface area contributed by atoms with Crippen molar-refractivity contribution in [3.63, 3.8) is 0 Å². The minimum absolute atomic E-state index is 0.270. The normalized spacial score (nSPS) is 21.7. The highest BCUT2D eigenvalue weighted by Gasteiger charge is 2.19. The Hall–Kier alpha value is -0.570. The summed E-state index contributed by atoms with van der Waals surface area (Å²) in [4.78, 5) is 13.2. The second kappa shape index (κ2) is 4.45. The average Bonchev–Trinajstić information content (AvgIpc) is 1.97. The Morgan fingerprint density at radius 1 is 1.67 bits per heavy atom. The SMILES string of the molecule is CCCC(=O)N(C)CC1CCN1. The zero-order valence-corrected chi connectivity index (χ0v) is 7.97. The van der Waals surface area contributed by atoms with Gasteiger partial charge in [0.2, 0.25) is 5.91 Å². The number of amides is 1. The van der Waals surface area contributed by atoms with Gasteiger partial charge in [0.15, 0.2) is 0 Å². The smallest absolute Gasteiger partial charge is 0.222 e. The van der Waals surface area contributed by atoms with Crippen LogP contribution in [0.5, 0.6) is 0 Å². The van der Waals surface area contributed by atoms with Gasteiger partial charge in [-0.15, -0.1) is 0 Å². The van der Waals surface area contributed by atoms with E-state index in [0.29, 0.717) is 12.5 Å². The van der Waals surface area contributed by atoms with E-state index in [1.165, 1.54) is 6.42 Å². The summed E-state index contributed by atoms with van der Waals surface area (Å²) < 4.78 is 0. The van der Waals surface area contributed by atoms with Crippen LogP contribution in [-0.4, -0.2) is 37.0 Å². The maximum atomic E-state index is 11.3. The lowest BCUT2D eigenvalue weighted by Gasteiger charge is -2.31. The fourth-order valence-electron chi connectivity index (χ4n) is 1.34. The quantitative estimate of drug-likeness (QED) is 0.670. The summed E-state index contributed by atoms with van der Waals surface area (Å²) in [7, 11) is 1.89. The fourth-order valence-corrected chi connectivity index (χ4v) is 1.34. The molecule has 0 aliphatic carbocycles. The molecule has 1 fully saturated rings. The van der Waals surface area contributed by atoms with Gasteiger partial charge in [-0.25, -0.2) is 0 Å². The molecular weight excluding hydrogens is 152 g/mol. The lowest BCUT2D eigenvalue weighted by molar-refractivity contribution is -0.130. The molecule has 0 aromatic carbocycles. The van der Waals surface area contributed by atoms with Crippen molar-refractivity contribution in [2.45, 2.75) is 32.2 Å². The topological polar surface area (TPSA) is 32.3 Å². The van der Waals surface area contributed by atoms with Crippen LogP contribution in [0.2, 0.25) is 0 Å². The van der Waals surface area contributed by atoms with E-state index in [9.17, 15) is 4.79 Å². The van der Waals surface area contributed by atoms with Gasteiger partial charge in [0, 0.05) is 26.1 Å². The molecule has 1 atom stereocenters. The molecule has 0 bridgehead atoms. The van der Waals surface area contributed by atoms with Crippen LogP contribution in [0.3, 0.4) is 0 Å². The van der Waals surface area contributed by atoms with Crippen molar-refractivity contribution >= 4 is 5.91 Å². The van der Waals surface area contributed by atoms with E-state index in [1.807, 2.05) is 18.9 Å². The van der Waals surface area contributed by atoms with Crippen LogP contribution in [0.1, 0.15) is 26.2 Å². The van der Waals surface area contributed by atoms with Crippen molar-refractivity contribution in [1.29, 1.82) is 0 Å². The Morgan fingerprint density at radius 3 is 2.75 bits per heavy atom. The Morgan fingerprint density at radius 2 is 2.33 bits per heavy atom. The first-order chi connectivity index (χ1) is 5.74. The molecule has 1 amide bonds. The van der Waals surface area contributed by atoms with Gasteiger partial charge in [-0.2, -0.15) is 0 Å². The number of hydrogen-bond donors (Lipinski definition) is 1. The zero-order chi connectivity index (χ0) is 8.97. The highest BCUT2D eigenvalue weighted by atomic mass is 16.2. The lowest BCUT2D eigenvalue weighted by Crippen LogP contribution is -2.50. The molecule has 1 rings (SSSR count). The lowest BCUT2D eigenvalue weighted by atomic mass is 10.1. The Kier molecular flexibility index (Phi) is 3.53. The minimum atomic E-state index is 0.270. The number of rotatable bonds is 4. The van der Waals surface area contributed by atoms with Crippen LogP contribution in [-0.2, 0) is 4.79 Å². The standard InChI is InChI=1S/C9H18N2O/c1-3-4-9(12)11(2)7-8-5-6-10-8/h8,10H,3-7H2,1-2H3. The van der Waals surface area contributed by atoms with Gasteiger partial charge in [-0.1, -0.05) is 6.92 Å². The molecule has 1 heterocycles. The summed E-state index contributed by atoms with van der Waals surface area (Å²) in [6, 6.07) is 0.552. The van der Waals surface area contributed by atoms with E-state index in [1.54, 1.807) is 0 Å². The average molecular weight is 170 g/mol. The van der Waals surface area contributed by atoms with Crippen LogP contribution >= 0.6 is 0 Å².